The highest BCUT2D eigenvalue weighted by Gasteiger charge is 2.39. The van der Waals surface area contributed by atoms with Crippen molar-refractivity contribution >= 4 is 21.4 Å². The normalized spacial score (nSPS) is 21.3. The Morgan fingerprint density at radius 2 is 1.90 bits per heavy atom. The second-order valence-corrected chi connectivity index (χ2v) is 7.27. The smallest absolute Gasteiger partial charge is 0.275 e. The second-order valence-electron chi connectivity index (χ2n) is 6.34. The molecule has 3 heterocycles. The van der Waals surface area contributed by atoms with Gasteiger partial charge in [-0.15, -0.1) is 5.10 Å². The zero-order chi connectivity index (χ0) is 14.5. The van der Waals surface area contributed by atoms with Crippen LogP contribution in [0.4, 0.5) is 5.13 Å². The lowest BCUT2D eigenvalue weighted by Crippen LogP contribution is -2.57. The highest BCUT2D eigenvalue weighted by Crippen LogP contribution is 2.32. The summed E-state index contributed by atoms with van der Waals surface area (Å²) in [6.07, 6.45) is 1.52. The van der Waals surface area contributed by atoms with Gasteiger partial charge in [-0.25, -0.2) is 4.98 Å². The van der Waals surface area contributed by atoms with Crippen molar-refractivity contribution in [1.82, 2.24) is 14.6 Å². The Hall–Kier alpha value is -1.47. The van der Waals surface area contributed by atoms with Gasteiger partial charge < -0.3 is 9.64 Å². The lowest BCUT2D eigenvalue weighted by atomic mass is 9.99. The molecule has 1 aliphatic heterocycles. The molecule has 108 valence electrons. The van der Waals surface area contributed by atoms with E-state index in [9.17, 15) is 4.79 Å². The molecule has 1 saturated heterocycles. The Kier molecular flexibility index (Phi) is 2.88. The quantitative estimate of drug-likeness (QED) is 0.798. The van der Waals surface area contributed by atoms with Crippen LogP contribution in [0.3, 0.4) is 0 Å². The molecule has 0 spiro atoms. The summed E-state index contributed by atoms with van der Waals surface area (Å²) < 4.78 is 7.42. The molecular weight excluding hydrogens is 276 g/mol. The van der Waals surface area contributed by atoms with Gasteiger partial charge in [-0.05, 0) is 27.7 Å². The number of rotatable bonds is 1. The molecule has 0 aliphatic carbocycles. The van der Waals surface area contributed by atoms with E-state index in [1.54, 1.807) is 0 Å². The number of hydrogen-bond donors (Lipinski definition) is 0. The van der Waals surface area contributed by atoms with Crippen molar-refractivity contribution in [2.24, 2.45) is 0 Å². The van der Waals surface area contributed by atoms with Crippen molar-refractivity contribution in [2.45, 2.75) is 38.9 Å². The number of fused-ring (bicyclic) bond motifs is 1. The van der Waals surface area contributed by atoms with Crippen molar-refractivity contribution in [3.63, 3.8) is 0 Å². The van der Waals surface area contributed by atoms with Crippen LogP contribution in [0.25, 0.3) is 4.96 Å². The average molecular weight is 294 g/mol. The van der Waals surface area contributed by atoms with Crippen LogP contribution >= 0.6 is 11.3 Å². The predicted molar refractivity (Wildman–Crippen MR) is 78.6 cm³/mol. The summed E-state index contributed by atoms with van der Waals surface area (Å²) in [5.41, 5.74) is -0.653. The third kappa shape index (κ3) is 2.43. The van der Waals surface area contributed by atoms with Crippen molar-refractivity contribution in [2.75, 3.05) is 18.0 Å². The molecule has 0 atom stereocenters. The fraction of sp³-hybridized carbons (Fsp3) is 0.615. The minimum Gasteiger partial charge on any atom is -0.366 e. The first-order chi connectivity index (χ1) is 9.26. The van der Waals surface area contributed by atoms with E-state index in [0.29, 0.717) is 4.96 Å². The van der Waals surface area contributed by atoms with E-state index in [2.05, 4.69) is 42.7 Å². The molecule has 0 bridgehead atoms. The van der Waals surface area contributed by atoms with Crippen molar-refractivity contribution in [3.05, 3.63) is 22.6 Å². The molecule has 3 rings (SSSR count). The Bertz CT molecular complexity index is 688. The Morgan fingerprint density at radius 3 is 2.50 bits per heavy atom. The third-order valence-electron chi connectivity index (χ3n) is 3.13. The summed E-state index contributed by atoms with van der Waals surface area (Å²) in [6.45, 7) is 9.75. The van der Waals surface area contributed by atoms with Gasteiger partial charge in [0.1, 0.15) is 0 Å². The molecule has 0 saturated carbocycles. The largest absolute Gasteiger partial charge is 0.366 e. The van der Waals surface area contributed by atoms with Crippen LogP contribution in [-0.4, -0.2) is 38.9 Å². The average Bonchev–Trinajstić information content (AvgIpc) is 2.70. The van der Waals surface area contributed by atoms with Gasteiger partial charge in [0.2, 0.25) is 10.1 Å². The highest BCUT2D eigenvalue weighted by molar-refractivity contribution is 7.20. The summed E-state index contributed by atoms with van der Waals surface area (Å²) in [4.78, 5) is 18.7. The molecular formula is C13H18N4O2S. The number of ether oxygens (including phenoxy) is 1. The molecule has 7 heteroatoms. The summed E-state index contributed by atoms with van der Waals surface area (Å²) in [5, 5.41) is 5.21. The molecule has 20 heavy (non-hydrogen) atoms. The van der Waals surface area contributed by atoms with E-state index >= 15 is 0 Å². The standard InChI is InChI=1S/C13H18N4O2S/c1-12(2)7-16(8-13(3,4)19-12)11-15-17-9(18)5-6-14-10(17)20-11/h5-6H,7-8H2,1-4H3. The highest BCUT2D eigenvalue weighted by atomic mass is 32.1. The third-order valence-corrected chi connectivity index (χ3v) is 4.11. The van der Waals surface area contributed by atoms with E-state index in [-0.39, 0.29) is 16.8 Å². The molecule has 6 nitrogen and oxygen atoms in total. The molecule has 0 unspecified atom stereocenters. The topological polar surface area (TPSA) is 59.7 Å². The van der Waals surface area contributed by atoms with Crippen LogP contribution in [-0.2, 0) is 4.74 Å². The van der Waals surface area contributed by atoms with E-state index in [1.165, 1.54) is 28.1 Å². The maximum Gasteiger partial charge on any atom is 0.275 e. The predicted octanol–water partition coefficient (Wildman–Crippen LogP) is 1.54. The minimum atomic E-state index is -0.252. The Balaban J connectivity index is 2.02. The van der Waals surface area contributed by atoms with Crippen LogP contribution in [0.5, 0.6) is 0 Å². The maximum absolute atomic E-state index is 11.8. The van der Waals surface area contributed by atoms with Gasteiger partial charge in [-0.2, -0.15) is 4.52 Å². The summed E-state index contributed by atoms with van der Waals surface area (Å²) in [5.74, 6) is 0. The number of hydrogen-bond acceptors (Lipinski definition) is 6. The van der Waals surface area contributed by atoms with Crippen molar-refractivity contribution in [1.29, 1.82) is 0 Å². The second kappa shape index (κ2) is 4.26. The number of nitrogens with zero attached hydrogens (tertiary/aromatic N) is 4. The lowest BCUT2D eigenvalue weighted by molar-refractivity contribution is -0.133. The van der Waals surface area contributed by atoms with Crippen molar-refractivity contribution < 1.29 is 4.74 Å². The molecule has 2 aromatic heterocycles. The van der Waals surface area contributed by atoms with Gasteiger partial charge in [0.15, 0.2) is 0 Å². The summed E-state index contributed by atoms with van der Waals surface area (Å²) in [6, 6.07) is 1.42. The van der Waals surface area contributed by atoms with Crippen LogP contribution in [0, 0.1) is 0 Å². The monoisotopic (exact) mass is 294 g/mol. The van der Waals surface area contributed by atoms with Gasteiger partial charge in [-0.1, -0.05) is 11.3 Å². The molecule has 2 aromatic rings. The molecule has 1 aliphatic rings. The van der Waals surface area contributed by atoms with Crippen LogP contribution < -0.4 is 10.5 Å². The fourth-order valence-corrected chi connectivity index (χ4v) is 3.66. The molecule has 0 radical (unpaired) electrons. The zero-order valence-corrected chi connectivity index (χ0v) is 12.9. The van der Waals surface area contributed by atoms with Gasteiger partial charge in [0.05, 0.1) is 11.2 Å². The van der Waals surface area contributed by atoms with Gasteiger partial charge in [-0.3, -0.25) is 4.79 Å². The summed E-state index contributed by atoms with van der Waals surface area (Å²) >= 11 is 1.43. The van der Waals surface area contributed by atoms with Gasteiger partial charge in [0.25, 0.3) is 5.56 Å². The Labute approximate surface area is 121 Å². The van der Waals surface area contributed by atoms with E-state index in [0.717, 1.165) is 18.2 Å². The number of aromatic nitrogens is 3. The summed E-state index contributed by atoms with van der Waals surface area (Å²) in [7, 11) is 0. The maximum atomic E-state index is 11.8. The van der Waals surface area contributed by atoms with Gasteiger partial charge in [0, 0.05) is 25.4 Å². The van der Waals surface area contributed by atoms with Crippen LogP contribution in [0.2, 0.25) is 0 Å². The number of morpholine rings is 1. The van der Waals surface area contributed by atoms with E-state index in [1.807, 2.05) is 0 Å². The lowest BCUT2D eigenvalue weighted by Gasteiger charge is -2.46. The first-order valence-corrected chi connectivity index (χ1v) is 7.37. The first-order valence-electron chi connectivity index (χ1n) is 6.56. The fourth-order valence-electron chi connectivity index (χ4n) is 2.78. The van der Waals surface area contributed by atoms with E-state index < -0.39 is 0 Å². The molecule has 1 fully saturated rings. The van der Waals surface area contributed by atoms with Crippen LogP contribution in [0.15, 0.2) is 17.1 Å². The first kappa shape index (κ1) is 13.5. The molecule has 0 amide bonds. The minimum absolute atomic E-state index is 0.149. The van der Waals surface area contributed by atoms with Crippen molar-refractivity contribution in [3.8, 4) is 0 Å². The molecule has 0 aromatic carbocycles. The molecule has 0 N–H and O–H groups in total. The SMILES string of the molecule is CC1(C)CN(c2nn3c(=O)ccnc3s2)CC(C)(C)O1. The van der Waals surface area contributed by atoms with Crippen LogP contribution in [0.1, 0.15) is 27.7 Å². The Morgan fingerprint density at radius 1 is 1.25 bits per heavy atom. The number of anilines is 1. The van der Waals surface area contributed by atoms with E-state index in [4.69, 9.17) is 4.74 Å². The zero-order valence-electron chi connectivity index (χ0n) is 12.1. The van der Waals surface area contributed by atoms with Gasteiger partial charge >= 0.3 is 0 Å².